The van der Waals surface area contributed by atoms with Crippen LogP contribution in [-0.4, -0.2) is 31.1 Å². The van der Waals surface area contributed by atoms with Crippen LogP contribution in [0.4, 0.5) is 5.69 Å². The number of para-hydroxylation sites is 3. The van der Waals surface area contributed by atoms with Crippen molar-refractivity contribution in [3.05, 3.63) is 54.1 Å². The first-order valence-corrected chi connectivity index (χ1v) is 8.11. The summed E-state index contributed by atoms with van der Waals surface area (Å²) in [5.41, 5.74) is 2.51. The normalized spacial score (nSPS) is 19.0. The van der Waals surface area contributed by atoms with Gasteiger partial charge in [0.2, 0.25) is 0 Å². The summed E-state index contributed by atoms with van der Waals surface area (Å²) in [6.07, 6.45) is 2.43. The van der Waals surface area contributed by atoms with E-state index in [1.54, 1.807) is 0 Å². The minimum Gasteiger partial charge on any atom is -0.455 e. The van der Waals surface area contributed by atoms with E-state index in [0.29, 0.717) is 6.04 Å². The van der Waals surface area contributed by atoms with Crippen molar-refractivity contribution in [1.82, 2.24) is 4.90 Å². The molecule has 0 aromatic heterocycles. The first-order chi connectivity index (χ1) is 10.8. The van der Waals surface area contributed by atoms with Gasteiger partial charge < -0.3 is 14.5 Å². The number of piperidine rings is 1. The van der Waals surface area contributed by atoms with Crippen molar-refractivity contribution in [3.63, 3.8) is 0 Å². The highest BCUT2D eigenvalue weighted by atomic mass is 16.5. The molecule has 3 heteroatoms. The van der Waals surface area contributed by atoms with Crippen molar-refractivity contribution in [3.8, 4) is 11.5 Å². The van der Waals surface area contributed by atoms with Crippen LogP contribution in [0.25, 0.3) is 0 Å². The van der Waals surface area contributed by atoms with E-state index in [1.165, 1.54) is 37.2 Å². The van der Waals surface area contributed by atoms with Crippen LogP contribution in [0.3, 0.4) is 0 Å². The van der Waals surface area contributed by atoms with Gasteiger partial charge in [0.25, 0.3) is 0 Å². The van der Waals surface area contributed by atoms with Gasteiger partial charge >= 0.3 is 0 Å². The number of fused-ring (bicyclic) bond motifs is 2. The summed E-state index contributed by atoms with van der Waals surface area (Å²) in [4.78, 5) is 4.97. The molecule has 2 aromatic rings. The van der Waals surface area contributed by atoms with Gasteiger partial charge in [-0.25, -0.2) is 0 Å². The van der Waals surface area contributed by atoms with Crippen LogP contribution in [0.2, 0.25) is 0 Å². The lowest BCUT2D eigenvalue weighted by molar-refractivity contribution is 0.249. The Kier molecular flexibility index (Phi) is 3.51. The highest BCUT2D eigenvalue weighted by molar-refractivity contribution is 5.63. The van der Waals surface area contributed by atoms with Crippen molar-refractivity contribution in [2.75, 3.05) is 25.0 Å². The highest BCUT2D eigenvalue weighted by Gasteiger charge is 2.28. The Hall–Kier alpha value is -2.00. The van der Waals surface area contributed by atoms with Crippen LogP contribution in [0.1, 0.15) is 18.4 Å². The monoisotopic (exact) mass is 294 g/mol. The second-order valence-electron chi connectivity index (χ2n) is 6.34. The topological polar surface area (TPSA) is 15.7 Å². The molecule has 114 valence electrons. The zero-order chi connectivity index (χ0) is 14.9. The molecule has 2 heterocycles. The first kappa shape index (κ1) is 13.6. The van der Waals surface area contributed by atoms with E-state index < -0.39 is 0 Å². The Morgan fingerprint density at radius 1 is 0.909 bits per heavy atom. The molecule has 1 saturated heterocycles. The van der Waals surface area contributed by atoms with Crippen LogP contribution in [0.15, 0.2) is 48.5 Å². The number of hydrogen-bond donors (Lipinski definition) is 0. The highest BCUT2D eigenvalue weighted by Crippen LogP contribution is 2.40. The molecule has 2 aliphatic rings. The minimum absolute atomic E-state index is 0.590. The van der Waals surface area contributed by atoms with Gasteiger partial charge in [-0.05, 0) is 51.2 Å². The molecular weight excluding hydrogens is 272 g/mol. The van der Waals surface area contributed by atoms with Gasteiger partial charge in [-0.1, -0.05) is 30.3 Å². The number of rotatable bonds is 1. The van der Waals surface area contributed by atoms with Crippen molar-refractivity contribution >= 4 is 5.69 Å². The number of anilines is 1. The SMILES string of the molecule is CN1CCC(N2Cc3ccccc3Oc3ccccc32)CC1. The molecule has 2 aliphatic heterocycles. The first-order valence-electron chi connectivity index (χ1n) is 8.11. The van der Waals surface area contributed by atoms with Crippen LogP contribution < -0.4 is 9.64 Å². The van der Waals surface area contributed by atoms with Gasteiger partial charge in [-0.3, -0.25) is 0 Å². The molecule has 4 rings (SSSR count). The Labute approximate surface area is 132 Å². The molecule has 0 atom stereocenters. The minimum atomic E-state index is 0.590. The third-order valence-electron chi connectivity index (χ3n) is 4.84. The maximum Gasteiger partial charge on any atom is 0.150 e. The quantitative estimate of drug-likeness (QED) is 0.793. The predicted octanol–water partition coefficient (Wildman–Crippen LogP) is 3.89. The fourth-order valence-corrected chi connectivity index (χ4v) is 3.53. The van der Waals surface area contributed by atoms with Gasteiger partial charge in [0, 0.05) is 18.2 Å². The van der Waals surface area contributed by atoms with E-state index >= 15 is 0 Å². The van der Waals surface area contributed by atoms with E-state index in [-0.39, 0.29) is 0 Å². The molecule has 0 N–H and O–H groups in total. The molecule has 1 fully saturated rings. The van der Waals surface area contributed by atoms with E-state index in [2.05, 4.69) is 59.3 Å². The second-order valence-corrected chi connectivity index (χ2v) is 6.34. The maximum atomic E-state index is 6.19. The molecule has 0 unspecified atom stereocenters. The summed E-state index contributed by atoms with van der Waals surface area (Å²) in [7, 11) is 2.21. The molecule has 0 saturated carbocycles. The smallest absolute Gasteiger partial charge is 0.150 e. The van der Waals surface area contributed by atoms with E-state index in [1.807, 2.05) is 6.07 Å². The third-order valence-corrected chi connectivity index (χ3v) is 4.84. The summed E-state index contributed by atoms with van der Waals surface area (Å²) in [5.74, 6) is 1.97. The van der Waals surface area contributed by atoms with Crippen LogP contribution in [0.5, 0.6) is 11.5 Å². The molecule has 0 bridgehead atoms. The predicted molar refractivity (Wildman–Crippen MR) is 89.7 cm³/mol. The molecule has 2 aromatic carbocycles. The molecule has 3 nitrogen and oxygen atoms in total. The standard InChI is InChI=1S/C19H22N2O/c1-20-12-10-16(11-13-20)21-14-15-6-2-4-8-18(15)22-19-9-5-3-7-17(19)21/h2-9,16H,10-14H2,1H3. The van der Waals surface area contributed by atoms with Crippen molar-refractivity contribution in [1.29, 1.82) is 0 Å². The fourth-order valence-electron chi connectivity index (χ4n) is 3.53. The maximum absolute atomic E-state index is 6.19. The summed E-state index contributed by atoms with van der Waals surface area (Å²) in [6.45, 7) is 3.28. The zero-order valence-corrected chi connectivity index (χ0v) is 13.0. The molecular formula is C19H22N2O. The number of benzene rings is 2. The molecule has 22 heavy (non-hydrogen) atoms. The fraction of sp³-hybridized carbons (Fsp3) is 0.368. The average Bonchev–Trinajstić information content (AvgIpc) is 2.72. The van der Waals surface area contributed by atoms with Crippen LogP contribution in [-0.2, 0) is 6.54 Å². The van der Waals surface area contributed by atoms with E-state index in [9.17, 15) is 0 Å². The number of likely N-dealkylation sites (tertiary alicyclic amines) is 1. The lowest BCUT2D eigenvalue weighted by Crippen LogP contribution is -2.43. The van der Waals surface area contributed by atoms with Crippen molar-refractivity contribution in [2.24, 2.45) is 0 Å². The Balaban J connectivity index is 1.73. The van der Waals surface area contributed by atoms with Gasteiger partial charge in [-0.2, -0.15) is 0 Å². The number of nitrogens with zero attached hydrogens (tertiary/aromatic N) is 2. The third kappa shape index (κ3) is 2.46. The summed E-state index contributed by atoms with van der Waals surface area (Å²) < 4.78 is 6.19. The van der Waals surface area contributed by atoms with Crippen molar-refractivity contribution < 1.29 is 4.74 Å². The van der Waals surface area contributed by atoms with Crippen LogP contribution >= 0.6 is 0 Å². The Bertz CT molecular complexity index is 662. The average molecular weight is 294 g/mol. The van der Waals surface area contributed by atoms with Gasteiger partial charge in [0.15, 0.2) is 5.75 Å². The molecule has 0 aliphatic carbocycles. The van der Waals surface area contributed by atoms with Gasteiger partial charge in [0.1, 0.15) is 5.75 Å². The zero-order valence-electron chi connectivity index (χ0n) is 13.0. The molecule has 0 spiro atoms. The van der Waals surface area contributed by atoms with Gasteiger partial charge in [0.05, 0.1) is 5.69 Å². The summed E-state index contributed by atoms with van der Waals surface area (Å²) >= 11 is 0. The molecule has 0 radical (unpaired) electrons. The Morgan fingerprint density at radius 2 is 1.59 bits per heavy atom. The van der Waals surface area contributed by atoms with Gasteiger partial charge in [-0.15, -0.1) is 0 Å². The second kappa shape index (κ2) is 5.65. The lowest BCUT2D eigenvalue weighted by atomic mass is 10.0. The summed E-state index contributed by atoms with van der Waals surface area (Å²) in [6, 6.07) is 17.4. The number of ether oxygens (including phenoxy) is 1. The number of hydrogen-bond acceptors (Lipinski definition) is 3. The van der Waals surface area contributed by atoms with E-state index in [0.717, 1.165) is 18.0 Å². The largest absolute Gasteiger partial charge is 0.455 e. The summed E-state index contributed by atoms with van der Waals surface area (Å²) in [5, 5.41) is 0. The van der Waals surface area contributed by atoms with Crippen LogP contribution in [0, 0.1) is 0 Å². The Morgan fingerprint density at radius 3 is 2.41 bits per heavy atom. The van der Waals surface area contributed by atoms with E-state index in [4.69, 9.17) is 4.74 Å². The van der Waals surface area contributed by atoms with Crippen molar-refractivity contribution in [2.45, 2.75) is 25.4 Å². The lowest BCUT2D eigenvalue weighted by Gasteiger charge is -2.38. The molecule has 0 amide bonds.